The summed E-state index contributed by atoms with van der Waals surface area (Å²) >= 11 is 3.13. The van der Waals surface area contributed by atoms with E-state index in [4.69, 9.17) is 18.3 Å². The molecule has 0 aliphatic heterocycles. The molecule has 2 heterocycles. The van der Waals surface area contributed by atoms with Gasteiger partial charge in [-0.1, -0.05) is 63.4 Å². The third-order valence-corrected chi connectivity index (χ3v) is 7.60. The molecule has 0 aliphatic carbocycles. The van der Waals surface area contributed by atoms with E-state index in [1.165, 1.54) is 0 Å². The van der Waals surface area contributed by atoms with E-state index in [9.17, 15) is 0 Å². The van der Waals surface area contributed by atoms with Crippen LogP contribution in [0.1, 0.15) is 64.5 Å². The van der Waals surface area contributed by atoms with Crippen molar-refractivity contribution in [2.75, 3.05) is 24.7 Å². The van der Waals surface area contributed by atoms with Crippen LogP contribution in [0.3, 0.4) is 0 Å². The van der Waals surface area contributed by atoms with Gasteiger partial charge in [0, 0.05) is 11.5 Å². The van der Waals surface area contributed by atoms with E-state index < -0.39 is 0 Å². The lowest BCUT2D eigenvalue weighted by Crippen LogP contribution is -2.00. The Bertz CT molecular complexity index is 1220. The minimum absolute atomic E-state index is 0.466. The second-order valence-electron chi connectivity index (χ2n) is 8.98. The van der Waals surface area contributed by atoms with Crippen molar-refractivity contribution in [1.29, 1.82) is 0 Å². The van der Waals surface area contributed by atoms with Crippen molar-refractivity contribution in [2.45, 2.75) is 70.2 Å². The Morgan fingerprint density at radius 1 is 0.615 bits per heavy atom. The Balaban J connectivity index is 1.63. The van der Waals surface area contributed by atoms with E-state index in [1.807, 2.05) is 12.1 Å². The number of hydrogen-bond donors (Lipinski definition) is 0. The number of thioether (sulfide) groups is 2. The zero-order chi connectivity index (χ0) is 27.5. The highest BCUT2D eigenvalue weighted by molar-refractivity contribution is 7.99. The Morgan fingerprint density at radius 3 is 1.49 bits per heavy atom. The Hall–Kier alpha value is -2.98. The highest BCUT2D eigenvalue weighted by Crippen LogP contribution is 2.35. The fraction of sp³-hybridized carbons (Fsp3) is 0.448. The molecule has 0 saturated carbocycles. The summed E-state index contributed by atoms with van der Waals surface area (Å²) in [5.74, 6) is 4.27. The van der Waals surface area contributed by atoms with Crippen LogP contribution in [0, 0.1) is 0 Å². The van der Waals surface area contributed by atoms with Gasteiger partial charge in [-0.3, -0.25) is 0 Å². The summed E-state index contributed by atoms with van der Waals surface area (Å²) < 4.78 is 24.0. The zero-order valence-electron chi connectivity index (χ0n) is 23.1. The van der Waals surface area contributed by atoms with Gasteiger partial charge in [0.1, 0.15) is 11.5 Å². The van der Waals surface area contributed by atoms with Crippen LogP contribution in [0.25, 0.3) is 22.9 Å². The number of hydrogen-bond acceptors (Lipinski definition) is 10. The first-order chi connectivity index (χ1) is 19.1. The molecule has 0 saturated heterocycles. The standard InChI is InChI=1S/C29H36N4O4S2/c1-5-13-34-24-11-9-20(18-22(24)26-30-32-28(36-26)38-15-7-3)17-21-10-12-25(35-14-6-2)23(19-21)27-31-33-29(37-27)39-16-8-4/h9-12,18-19H,5-8,13-17H2,1-4H3. The summed E-state index contributed by atoms with van der Waals surface area (Å²) in [7, 11) is 0. The zero-order valence-corrected chi connectivity index (χ0v) is 24.7. The van der Waals surface area contributed by atoms with Gasteiger partial charge in [-0.2, -0.15) is 0 Å². The Labute approximate surface area is 238 Å². The molecular weight excluding hydrogens is 532 g/mol. The maximum atomic E-state index is 6.02. The molecule has 4 aromatic rings. The van der Waals surface area contributed by atoms with Crippen LogP contribution in [0.15, 0.2) is 55.7 Å². The van der Waals surface area contributed by atoms with Crippen LogP contribution in [0.4, 0.5) is 0 Å². The molecule has 4 rings (SSSR count). The van der Waals surface area contributed by atoms with Crippen LogP contribution in [-0.4, -0.2) is 45.1 Å². The van der Waals surface area contributed by atoms with Crippen LogP contribution in [-0.2, 0) is 6.42 Å². The normalized spacial score (nSPS) is 11.2. The summed E-state index contributed by atoms with van der Waals surface area (Å²) in [5, 5.41) is 18.2. The van der Waals surface area contributed by atoms with Crippen molar-refractivity contribution >= 4 is 23.5 Å². The highest BCUT2D eigenvalue weighted by atomic mass is 32.2. The molecular formula is C29H36N4O4S2. The molecule has 2 aromatic carbocycles. The van der Waals surface area contributed by atoms with Gasteiger partial charge in [-0.15, -0.1) is 20.4 Å². The van der Waals surface area contributed by atoms with Crippen LogP contribution >= 0.6 is 23.5 Å². The predicted molar refractivity (Wildman–Crippen MR) is 156 cm³/mol. The summed E-state index contributed by atoms with van der Waals surface area (Å²) in [6.07, 6.45) is 4.57. The number of benzene rings is 2. The third-order valence-electron chi connectivity index (χ3n) is 5.55. The van der Waals surface area contributed by atoms with Gasteiger partial charge in [0.15, 0.2) is 0 Å². The van der Waals surface area contributed by atoms with Crippen molar-refractivity contribution in [2.24, 2.45) is 0 Å². The molecule has 0 atom stereocenters. The molecule has 8 nitrogen and oxygen atoms in total. The Kier molecular flexibility index (Phi) is 11.1. The molecule has 0 radical (unpaired) electrons. The van der Waals surface area contributed by atoms with Gasteiger partial charge >= 0.3 is 0 Å². The molecule has 0 unspecified atom stereocenters. The molecule has 0 N–H and O–H groups in total. The van der Waals surface area contributed by atoms with Crippen LogP contribution < -0.4 is 9.47 Å². The van der Waals surface area contributed by atoms with Gasteiger partial charge in [-0.05, 0) is 67.5 Å². The molecule has 0 amide bonds. The van der Waals surface area contributed by atoms with Gasteiger partial charge in [0.05, 0.1) is 24.3 Å². The first-order valence-electron chi connectivity index (χ1n) is 13.6. The maximum Gasteiger partial charge on any atom is 0.276 e. The molecule has 0 fully saturated rings. The summed E-state index contributed by atoms with van der Waals surface area (Å²) in [4.78, 5) is 0. The van der Waals surface area contributed by atoms with Crippen molar-refractivity contribution < 1.29 is 18.3 Å². The summed E-state index contributed by atoms with van der Waals surface area (Å²) in [5.41, 5.74) is 3.78. The number of nitrogens with zero attached hydrogens (tertiary/aromatic N) is 4. The van der Waals surface area contributed by atoms with E-state index in [-0.39, 0.29) is 0 Å². The molecule has 0 spiro atoms. The molecule has 39 heavy (non-hydrogen) atoms. The summed E-state index contributed by atoms with van der Waals surface area (Å²) in [6, 6.07) is 12.3. The van der Waals surface area contributed by atoms with E-state index >= 15 is 0 Å². The lowest BCUT2D eigenvalue weighted by Gasteiger charge is -2.13. The van der Waals surface area contributed by atoms with E-state index in [0.717, 1.165) is 70.9 Å². The molecule has 208 valence electrons. The first-order valence-corrected chi connectivity index (χ1v) is 15.6. The van der Waals surface area contributed by atoms with E-state index in [0.29, 0.717) is 41.9 Å². The Morgan fingerprint density at radius 2 is 1.08 bits per heavy atom. The highest BCUT2D eigenvalue weighted by Gasteiger charge is 2.18. The molecule has 2 aromatic heterocycles. The topological polar surface area (TPSA) is 96.3 Å². The van der Waals surface area contributed by atoms with E-state index in [2.05, 4.69) is 72.4 Å². The average Bonchev–Trinajstić information content (AvgIpc) is 3.63. The minimum atomic E-state index is 0.466. The average molecular weight is 569 g/mol. The van der Waals surface area contributed by atoms with Gasteiger partial charge in [0.25, 0.3) is 22.2 Å². The number of rotatable bonds is 16. The number of aromatic nitrogens is 4. The third kappa shape index (κ3) is 8.02. The van der Waals surface area contributed by atoms with E-state index in [1.54, 1.807) is 23.5 Å². The van der Waals surface area contributed by atoms with Crippen molar-refractivity contribution in [3.8, 4) is 34.4 Å². The summed E-state index contributed by atoms with van der Waals surface area (Å²) in [6.45, 7) is 9.65. The second-order valence-corrected chi connectivity index (χ2v) is 11.1. The molecule has 0 aliphatic rings. The van der Waals surface area contributed by atoms with Crippen molar-refractivity contribution in [3.63, 3.8) is 0 Å². The molecule has 10 heteroatoms. The van der Waals surface area contributed by atoms with Crippen molar-refractivity contribution in [3.05, 3.63) is 47.5 Å². The van der Waals surface area contributed by atoms with Gasteiger partial charge < -0.3 is 18.3 Å². The minimum Gasteiger partial charge on any atom is -0.493 e. The van der Waals surface area contributed by atoms with Crippen LogP contribution in [0.5, 0.6) is 11.5 Å². The van der Waals surface area contributed by atoms with Gasteiger partial charge in [-0.25, -0.2) is 0 Å². The fourth-order valence-electron chi connectivity index (χ4n) is 3.75. The molecule has 0 bridgehead atoms. The quantitative estimate of drug-likeness (QED) is 0.124. The van der Waals surface area contributed by atoms with Gasteiger partial charge in [0.2, 0.25) is 0 Å². The SMILES string of the molecule is CCCOc1ccc(Cc2ccc(OCCC)c(-c3nnc(SCCC)o3)c2)cc1-c1nnc(SCCC)o1. The maximum absolute atomic E-state index is 6.02. The lowest BCUT2D eigenvalue weighted by atomic mass is 10.00. The fourth-order valence-corrected chi connectivity index (χ4v) is 4.98. The first kappa shape index (κ1) is 29.0. The van der Waals surface area contributed by atoms with Crippen molar-refractivity contribution in [1.82, 2.24) is 20.4 Å². The predicted octanol–water partition coefficient (Wildman–Crippen LogP) is 7.96. The second kappa shape index (κ2) is 15.0. The van der Waals surface area contributed by atoms with Crippen LogP contribution in [0.2, 0.25) is 0 Å². The number of ether oxygens (including phenoxy) is 2. The lowest BCUT2D eigenvalue weighted by molar-refractivity contribution is 0.317. The smallest absolute Gasteiger partial charge is 0.276 e. The monoisotopic (exact) mass is 568 g/mol. The largest absolute Gasteiger partial charge is 0.493 e.